The molecule has 25 heavy (non-hydrogen) atoms. The van der Waals surface area contributed by atoms with Crippen molar-refractivity contribution in [3.63, 3.8) is 0 Å². The van der Waals surface area contributed by atoms with Gasteiger partial charge >= 0.3 is 6.18 Å². The van der Waals surface area contributed by atoms with Crippen LogP contribution >= 0.6 is 0 Å². The molecule has 1 fully saturated rings. The summed E-state index contributed by atoms with van der Waals surface area (Å²) in [5.74, 6) is -0.537. The number of alkyl halides is 3. The lowest BCUT2D eigenvalue weighted by Crippen LogP contribution is -2.40. The first-order valence-electron chi connectivity index (χ1n) is 8.09. The molecule has 0 unspecified atom stereocenters. The van der Waals surface area contributed by atoms with Crippen LogP contribution in [-0.2, 0) is 22.3 Å². The highest BCUT2D eigenvalue weighted by molar-refractivity contribution is 5.77. The van der Waals surface area contributed by atoms with E-state index in [0.29, 0.717) is 31.8 Å². The third-order valence-electron chi connectivity index (χ3n) is 4.00. The predicted molar refractivity (Wildman–Crippen MR) is 83.8 cm³/mol. The molecule has 9 heteroatoms. The summed E-state index contributed by atoms with van der Waals surface area (Å²) in [5, 5.41) is 2.53. The highest BCUT2D eigenvalue weighted by atomic mass is 19.4. The second kappa shape index (κ2) is 8.17. The predicted octanol–water partition coefficient (Wildman–Crippen LogP) is 1.39. The zero-order valence-corrected chi connectivity index (χ0v) is 13.6. The maximum absolute atomic E-state index is 12.7. The third kappa shape index (κ3) is 5.61. The average molecular weight is 359 g/mol. The molecule has 2 rings (SSSR count). The maximum Gasteiger partial charge on any atom is 0.417 e. The molecule has 0 aromatic carbocycles. The van der Waals surface area contributed by atoms with E-state index in [4.69, 9.17) is 0 Å². The van der Waals surface area contributed by atoms with Gasteiger partial charge in [0.2, 0.25) is 11.8 Å². The smallest absolute Gasteiger partial charge is 0.353 e. The largest absolute Gasteiger partial charge is 0.417 e. The van der Waals surface area contributed by atoms with Gasteiger partial charge in [-0.15, -0.1) is 0 Å². The van der Waals surface area contributed by atoms with Crippen LogP contribution in [-0.4, -0.2) is 40.9 Å². The zero-order chi connectivity index (χ0) is 18.4. The van der Waals surface area contributed by atoms with E-state index in [0.717, 1.165) is 29.9 Å². The van der Waals surface area contributed by atoms with Gasteiger partial charge in [0.25, 0.3) is 5.56 Å². The molecule has 1 aliphatic heterocycles. The Hall–Kier alpha value is -2.32. The van der Waals surface area contributed by atoms with Gasteiger partial charge in [-0.3, -0.25) is 14.4 Å². The van der Waals surface area contributed by atoms with Crippen molar-refractivity contribution in [2.75, 3.05) is 19.6 Å². The highest BCUT2D eigenvalue weighted by Crippen LogP contribution is 2.27. The number of carbonyl (C=O) groups is 2. The number of hydrogen-bond acceptors (Lipinski definition) is 3. The van der Waals surface area contributed by atoms with Crippen molar-refractivity contribution in [2.45, 2.75) is 38.4 Å². The molecule has 2 heterocycles. The van der Waals surface area contributed by atoms with Gasteiger partial charge in [0.05, 0.1) is 5.56 Å². The number of rotatable bonds is 5. The first kappa shape index (κ1) is 19.0. The van der Waals surface area contributed by atoms with Crippen LogP contribution in [0.25, 0.3) is 0 Å². The van der Waals surface area contributed by atoms with Crippen LogP contribution in [0, 0.1) is 0 Å². The Morgan fingerprint density at radius 3 is 2.64 bits per heavy atom. The van der Waals surface area contributed by atoms with Crippen LogP contribution in [0.4, 0.5) is 13.2 Å². The number of carbonyl (C=O) groups excluding carboxylic acids is 2. The molecule has 1 aliphatic rings. The second-order valence-corrected chi connectivity index (χ2v) is 5.92. The fraction of sp³-hybridized carbons (Fsp3) is 0.562. The number of amides is 2. The van der Waals surface area contributed by atoms with Gasteiger partial charge in [-0.2, -0.15) is 13.2 Å². The van der Waals surface area contributed by atoms with E-state index in [9.17, 15) is 27.6 Å². The lowest BCUT2D eigenvalue weighted by Gasteiger charge is -2.20. The third-order valence-corrected chi connectivity index (χ3v) is 4.00. The number of nitrogens with one attached hydrogen (secondary N) is 1. The van der Waals surface area contributed by atoms with Gasteiger partial charge in [-0.25, -0.2) is 0 Å². The highest BCUT2D eigenvalue weighted by Gasteiger charge is 2.31. The average Bonchev–Trinajstić information content (AvgIpc) is 2.73. The molecule has 0 aliphatic carbocycles. The SMILES string of the molecule is O=C(Cn1cc(C(F)(F)F)ccc1=O)NCCN1CCCCCC1=O. The Balaban J connectivity index is 1.88. The Morgan fingerprint density at radius 2 is 1.92 bits per heavy atom. The fourth-order valence-electron chi connectivity index (χ4n) is 2.64. The minimum Gasteiger partial charge on any atom is -0.353 e. The molecule has 0 spiro atoms. The van der Waals surface area contributed by atoms with Crippen molar-refractivity contribution in [1.82, 2.24) is 14.8 Å². The maximum atomic E-state index is 12.7. The van der Waals surface area contributed by atoms with Crippen molar-refractivity contribution in [1.29, 1.82) is 0 Å². The summed E-state index contributed by atoms with van der Waals surface area (Å²) >= 11 is 0. The Bertz CT molecular complexity index is 685. The summed E-state index contributed by atoms with van der Waals surface area (Å²) < 4.78 is 38.7. The fourth-order valence-corrected chi connectivity index (χ4v) is 2.64. The molecule has 0 bridgehead atoms. The summed E-state index contributed by atoms with van der Waals surface area (Å²) in [6.45, 7) is 0.679. The van der Waals surface area contributed by atoms with Crippen LogP contribution in [0.5, 0.6) is 0 Å². The molecule has 138 valence electrons. The van der Waals surface area contributed by atoms with Crippen LogP contribution < -0.4 is 10.9 Å². The van der Waals surface area contributed by atoms with Crippen LogP contribution in [0.2, 0.25) is 0 Å². The topological polar surface area (TPSA) is 71.4 Å². The number of aromatic nitrogens is 1. The van der Waals surface area contributed by atoms with E-state index in [1.165, 1.54) is 0 Å². The Morgan fingerprint density at radius 1 is 1.16 bits per heavy atom. The quantitative estimate of drug-likeness (QED) is 0.864. The van der Waals surface area contributed by atoms with Gasteiger partial charge in [0.15, 0.2) is 0 Å². The summed E-state index contributed by atoms with van der Waals surface area (Å²) in [7, 11) is 0. The van der Waals surface area contributed by atoms with Gasteiger partial charge in [-0.05, 0) is 18.9 Å². The zero-order valence-electron chi connectivity index (χ0n) is 13.6. The first-order valence-corrected chi connectivity index (χ1v) is 8.09. The Labute approximate surface area is 142 Å². The molecule has 1 N–H and O–H groups in total. The normalized spacial score (nSPS) is 15.8. The lowest BCUT2D eigenvalue weighted by atomic mass is 10.2. The van der Waals surface area contributed by atoms with Crippen molar-refractivity contribution >= 4 is 11.8 Å². The van der Waals surface area contributed by atoms with E-state index in [1.54, 1.807) is 4.90 Å². The van der Waals surface area contributed by atoms with Gasteiger partial charge in [-0.1, -0.05) is 6.42 Å². The molecule has 1 aromatic heterocycles. The van der Waals surface area contributed by atoms with Crippen molar-refractivity contribution in [2.24, 2.45) is 0 Å². The molecule has 0 atom stereocenters. The van der Waals surface area contributed by atoms with Gasteiger partial charge in [0.1, 0.15) is 6.54 Å². The number of hydrogen-bond donors (Lipinski definition) is 1. The molecule has 0 saturated carbocycles. The number of likely N-dealkylation sites (tertiary alicyclic amines) is 1. The van der Waals surface area contributed by atoms with E-state index in [2.05, 4.69) is 5.32 Å². The summed E-state index contributed by atoms with van der Waals surface area (Å²) in [5.41, 5.74) is -1.68. The molecule has 2 amide bonds. The standard InChI is InChI=1S/C16H20F3N3O3/c17-16(18,19)12-5-6-15(25)22(10-12)11-13(23)20-7-9-21-8-3-1-2-4-14(21)24/h5-6,10H,1-4,7-9,11H2,(H,20,23). The molecule has 6 nitrogen and oxygen atoms in total. The second-order valence-electron chi connectivity index (χ2n) is 5.92. The number of pyridine rings is 1. The molecular formula is C16H20F3N3O3. The summed E-state index contributed by atoms with van der Waals surface area (Å²) in [6, 6.07) is 1.47. The lowest BCUT2D eigenvalue weighted by molar-refractivity contribution is -0.138. The van der Waals surface area contributed by atoms with E-state index >= 15 is 0 Å². The number of nitrogens with zero attached hydrogens (tertiary/aromatic N) is 2. The molecular weight excluding hydrogens is 339 g/mol. The minimum absolute atomic E-state index is 0.0425. The van der Waals surface area contributed by atoms with E-state index < -0.39 is 29.8 Å². The van der Waals surface area contributed by atoms with E-state index in [1.807, 2.05) is 0 Å². The summed E-state index contributed by atoms with van der Waals surface area (Å²) in [4.78, 5) is 36.9. The molecule has 1 aromatic rings. The van der Waals surface area contributed by atoms with Gasteiger partial charge < -0.3 is 14.8 Å². The summed E-state index contributed by atoms with van der Waals surface area (Å²) in [6.07, 6.45) is -0.695. The van der Waals surface area contributed by atoms with Crippen LogP contribution in [0.3, 0.4) is 0 Å². The Kier molecular flexibility index (Phi) is 6.22. The van der Waals surface area contributed by atoms with Crippen molar-refractivity contribution in [3.8, 4) is 0 Å². The van der Waals surface area contributed by atoms with Crippen LogP contribution in [0.1, 0.15) is 31.2 Å². The van der Waals surface area contributed by atoms with Crippen molar-refractivity contribution in [3.05, 3.63) is 34.2 Å². The van der Waals surface area contributed by atoms with E-state index in [-0.39, 0.29) is 12.5 Å². The first-order chi connectivity index (χ1) is 11.8. The number of halogens is 3. The minimum atomic E-state index is -4.58. The monoisotopic (exact) mass is 359 g/mol. The molecule has 1 saturated heterocycles. The van der Waals surface area contributed by atoms with Crippen molar-refractivity contribution < 1.29 is 22.8 Å². The van der Waals surface area contributed by atoms with Crippen LogP contribution in [0.15, 0.2) is 23.1 Å². The van der Waals surface area contributed by atoms with Gasteiger partial charge in [0, 0.05) is 38.3 Å². The molecule has 0 radical (unpaired) electrons.